The Morgan fingerprint density at radius 3 is 2.44 bits per heavy atom. The van der Waals surface area contributed by atoms with Crippen molar-refractivity contribution in [2.75, 3.05) is 31.8 Å². The van der Waals surface area contributed by atoms with E-state index in [1.54, 1.807) is 37.4 Å². The van der Waals surface area contributed by atoms with Gasteiger partial charge in [0.05, 0.1) is 12.0 Å². The third kappa shape index (κ3) is 3.95. The Balaban J connectivity index is 1.45. The van der Waals surface area contributed by atoms with Crippen LogP contribution in [0.5, 0.6) is 17.2 Å². The van der Waals surface area contributed by atoms with Crippen molar-refractivity contribution in [1.82, 2.24) is 4.98 Å². The van der Waals surface area contributed by atoms with Gasteiger partial charge in [0.15, 0.2) is 11.5 Å². The minimum atomic E-state index is -4.04. The highest BCUT2D eigenvalue weighted by atomic mass is 32.2. The van der Waals surface area contributed by atoms with Crippen LogP contribution in [-0.2, 0) is 22.8 Å². The third-order valence-corrected chi connectivity index (χ3v) is 8.06. The van der Waals surface area contributed by atoms with Crippen LogP contribution in [0.4, 0.5) is 5.88 Å². The van der Waals surface area contributed by atoms with Crippen LogP contribution in [0.2, 0.25) is 0 Å². The highest BCUT2D eigenvalue weighted by Gasteiger charge is 2.33. The van der Waals surface area contributed by atoms with Crippen molar-refractivity contribution in [3.8, 4) is 28.7 Å². The van der Waals surface area contributed by atoms with Gasteiger partial charge in [0, 0.05) is 24.7 Å². The number of methoxy groups -OCH3 is 1. The molecule has 9 heteroatoms. The number of oxazole rings is 1. The maximum absolute atomic E-state index is 13.9. The number of benzene rings is 3. The summed E-state index contributed by atoms with van der Waals surface area (Å²) in [5, 5.41) is -0.121. The fourth-order valence-electron chi connectivity index (χ4n) is 4.50. The van der Waals surface area contributed by atoms with Crippen molar-refractivity contribution in [2.45, 2.75) is 22.9 Å². The smallest absolute Gasteiger partial charge is 0.236 e. The van der Waals surface area contributed by atoms with Gasteiger partial charge >= 0.3 is 0 Å². The van der Waals surface area contributed by atoms with Crippen LogP contribution in [0.3, 0.4) is 0 Å². The van der Waals surface area contributed by atoms with Crippen LogP contribution in [0.1, 0.15) is 11.1 Å². The van der Waals surface area contributed by atoms with Gasteiger partial charge in [-0.3, -0.25) is 0 Å². The molecule has 0 fully saturated rings. The van der Waals surface area contributed by atoms with Gasteiger partial charge in [0.2, 0.25) is 26.6 Å². The molecule has 0 amide bonds. The van der Waals surface area contributed by atoms with E-state index in [-0.39, 0.29) is 21.7 Å². The largest absolute Gasteiger partial charge is 0.497 e. The first-order valence-electron chi connectivity index (χ1n) is 11.6. The topological polar surface area (TPSA) is 91.1 Å². The summed E-state index contributed by atoms with van der Waals surface area (Å²) >= 11 is 0. The molecule has 0 bridgehead atoms. The van der Waals surface area contributed by atoms with Gasteiger partial charge in [0.25, 0.3) is 0 Å². The molecular formula is C27H24N2O6S. The maximum atomic E-state index is 13.9. The average Bonchev–Trinajstić information content (AvgIpc) is 3.39. The summed E-state index contributed by atoms with van der Waals surface area (Å²) < 4.78 is 50.4. The zero-order valence-corrected chi connectivity index (χ0v) is 20.5. The fourth-order valence-corrected chi connectivity index (χ4v) is 5.84. The number of sulfone groups is 1. The lowest BCUT2D eigenvalue weighted by molar-refractivity contribution is 0.171. The van der Waals surface area contributed by atoms with Crippen LogP contribution in [0, 0.1) is 0 Å². The number of fused-ring (bicyclic) bond motifs is 2. The second kappa shape index (κ2) is 8.91. The van der Waals surface area contributed by atoms with Crippen molar-refractivity contribution in [2.24, 2.45) is 0 Å². The van der Waals surface area contributed by atoms with Crippen LogP contribution in [0.15, 0.2) is 81.1 Å². The molecule has 0 spiro atoms. The number of anilines is 1. The lowest BCUT2D eigenvalue weighted by atomic mass is 10.0. The molecule has 1 aromatic heterocycles. The van der Waals surface area contributed by atoms with E-state index in [1.807, 2.05) is 17.0 Å². The van der Waals surface area contributed by atoms with E-state index >= 15 is 0 Å². The predicted molar refractivity (Wildman–Crippen MR) is 133 cm³/mol. The molecular weight excluding hydrogens is 480 g/mol. The molecule has 0 atom stereocenters. The molecule has 3 aromatic carbocycles. The van der Waals surface area contributed by atoms with E-state index in [1.165, 1.54) is 17.7 Å². The first-order chi connectivity index (χ1) is 17.5. The number of aromatic nitrogens is 1. The summed E-state index contributed by atoms with van der Waals surface area (Å²) in [5.41, 5.74) is 3.03. The molecule has 0 saturated heterocycles. The van der Waals surface area contributed by atoms with Gasteiger partial charge in [-0.1, -0.05) is 24.3 Å². The average molecular weight is 505 g/mol. The number of hydrogen-bond acceptors (Lipinski definition) is 8. The SMILES string of the molecule is COc1ccc(-c2nc(S(=O)(=O)c3ccc4c(c3)OCCO4)c(N3CCc4ccccc4C3)o2)cc1. The highest BCUT2D eigenvalue weighted by molar-refractivity contribution is 7.91. The van der Waals surface area contributed by atoms with Gasteiger partial charge in [0.1, 0.15) is 19.0 Å². The molecule has 3 heterocycles. The number of ether oxygens (including phenoxy) is 3. The predicted octanol–water partition coefficient (Wildman–Crippen LogP) is 4.52. The lowest BCUT2D eigenvalue weighted by Gasteiger charge is -2.28. The summed E-state index contributed by atoms with van der Waals surface area (Å²) in [6, 6.07) is 19.9. The summed E-state index contributed by atoms with van der Waals surface area (Å²) in [4.78, 5) is 6.53. The van der Waals surface area contributed by atoms with Crippen LogP contribution < -0.4 is 19.1 Å². The maximum Gasteiger partial charge on any atom is 0.236 e. The molecule has 0 saturated carbocycles. The molecule has 8 nitrogen and oxygen atoms in total. The Morgan fingerprint density at radius 2 is 1.67 bits per heavy atom. The normalized spacial score (nSPS) is 14.9. The lowest BCUT2D eigenvalue weighted by Crippen LogP contribution is -2.31. The van der Waals surface area contributed by atoms with E-state index < -0.39 is 9.84 Å². The van der Waals surface area contributed by atoms with Crippen LogP contribution >= 0.6 is 0 Å². The molecule has 36 heavy (non-hydrogen) atoms. The van der Waals surface area contributed by atoms with E-state index in [4.69, 9.17) is 18.6 Å². The quantitative estimate of drug-likeness (QED) is 0.392. The molecule has 6 rings (SSSR count). The monoisotopic (exact) mass is 504 g/mol. The van der Waals surface area contributed by atoms with Gasteiger partial charge in [-0.25, -0.2) is 8.42 Å². The first kappa shape index (κ1) is 22.5. The van der Waals surface area contributed by atoms with Crippen molar-refractivity contribution in [3.05, 3.63) is 77.9 Å². The second-order valence-electron chi connectivity index (χ2n) is 8.61. The molecule has 184 valence electrons. The number of hydrogen-bond donors (Lipinski definition) is 0. The first-order valence-corrected chi connectivity index (χ1v) is 13.1. The summed E-state index contributed by atoms with van der Waals surface area (Å²) in [7, 11) is -2.45. The summed E-state index contributed by atoms with van der Waals surface area (Å²) in [6.07, 6.45) is 0.776. The minimum absolute atomic E-state index is 0.0694. The molecule has 2 aliphatic heterocycles. The van der Waals surface area contributed by atoms with Crippen molar-refractivity contribution >= 4 is 15.7 Å². The van der Waals surface area contributed by atoms with Gasteiger partial charge in [-0.05, 0) is 53.9 Å². The second-order valence-corrected chi connectivity index (χ2v) is 10.5. The van der Waals surface area contributed by atoms with Crippen LogP contribution in [0.25, 0.3) is 11.5 Å². The Labute approximate surface area is 209 Å². The molecule has 0 aliphatic carbocycles. The zero-order chi connectivity index (χ0) is 24.7. The Hall–Kier alpha value is -3.98. The molecule has 4 aromatic rings. The molecule has 2 aliphatic rings. The summed E-state index contributed by atoms with van der Waals surface area (Å²) in [5.74, 6) is 2.05. The van der Waals surface area contributed by atoms with Gasteiger partial charge < -0.3 is 23.5 Å². The van der Waals surface area contributed by atoms with Crippen molar-refractivity contribution in [3.63, 3.8) is 0 Å². The Morgan fingerprint density at radius 1 is 0.917 bits per heavy atom. The van der Waals surface area contributed by atoms with Gasteiger partial charge in [-0.2, -0.15) is 4.98 Å². The Kier molecular flexibility index (Phi) is 5.56. The van der Waals surface area contributed by atoms with E-state index in [9.17, 15) is 8.42 Å². The standard InChI is InChI=1S/C27H24N2O6S/c1-32-21-8-6-19(7-9-21)25-28-26(27(35-25)29-13-12-18-4-2-3-5-20(18)17-29)36(30,31)22-10-11-23-24(16-22)34-15-14-33-23/h2-11,16H,12-15,17H2,1H3. The number of nitrogens with zero attached hydrogens (tertiary/aromatic N) is 2. The molecule has 0 unspecified atom stereocenters. The molecule has 0 N–H and O–H groups in total. The number of rotatable bonds is 5. The van der Waals surface area contributed by atoms with E-state index in [0.717, 1.165) is 12.0 Å². The van der Waals surface area contributed by atoms with Crippen LogP contribution in [-0.4, -0.2) is 40.3 Å². The summed E-state index contributed by atoms with van der Waals surface area (Å²) in [6.45, 7) is 1.92. The molecule has 0 radical (unpaired) electrons. The highest BCUT2D eigenvalue weighted by Crippen LogP contribution is 2.39. The third-order valence-electron chi connectivity index (χ3n) is 6.41. The van der Waals surface area contributed by atoms with Gasteiger partial charge in [-0.15, -0.1) is 0 Å². The van der Waals surface area contributed by atoms with Crippen molar-refractivity contribution in [1.29, 1.82) is 0 Å². The van der Waals surface area contributed by atoms with E-state index in [2.05, 4.69) is 17.1 Å². The van der Waals surface area contributed by atoms with Crippen molar-refractivity contribution < 1.29 is 27.0 Å². The minimum Gasteiger partial charge on any atom is -0.497 e. The zero-order valence-electron chi connectivity index (χ0n) is 19.6. The fraction of sp³-hybridized carbons (Fsp3) is 0.222. The van der Waals surface area contributed by atoms with E-state index in [0.29, 0.717) is 49.1 Å². The Bertz CT molecular complexity index is 1530.